The molecule has 0 heteroatoms. The van der Waals surface area contributed by atoms with Crippen LogP contribution in [0, 0.1) is 5.92 Å². The molecule has 1 atom stereocenters. The van der Waals surface area contributed by atoms with E-state index in [1.165, 1.54) is 76.2 Å². The zero-order valence-electron chi connectivity index (χ0n) is 18.4. The molecule has 0 radical (unpaired) electrons. The average molecular weight is 337 g/mol. The van der Waals surface area contributed by atoms with Gasteiger partial charge in [0, 0.05) is 0 Å². The Kier molecular flexibility index (Phi) is 20.2. The van der Waals surface area contributed by atoms with Crippen LogP contribution in [0.4, 0.5) is 0 Å². The highest BCUT2D eigenvalue weighted by molar-refractivity contribution is 5.06. The van der Waals surface area contributed by atoms with E-state index >= 15 is 0 Å². The lowest BCUT2D eigenvalue weighted by atomic mass is 9.96. The molecule has 0 spiro atoms. The second-order valence-electron chi connectivity index (χ2n) is 7.73. The van der Waals surface area contributed by atoms with Crippen molar-refractivity contribution in [2.24, 2.45) is 5.92 Å². The minimum Gasteiger partial charge on any atom is -0.0885 e. The van der Waals surface area contributed by atoms with Crippen LogP contribution in [0.15, 0.2) is 22.8 Å². The van der Waals surface area contributed by atoms with Gasteiger partial charge < -0.3 is 0 Å². The summed E-state index contributed by atoms with van der Waals surface area (Å²) in [5.74, 6) is 0.798. The van der Waals surface area contributed by atoms with Crippen molar-refractivity contribution in [3.8, 4) is 0 Å². The molecule has 0 aromatic carbocycles. The maximum absolute atomic E-state index is 2.33. The van der Waals surface area contributed by atoms with Crippen LogP contribution < -0.4 is 0 Å². The van der Waals surface area contributed by atoms with E-state index in [1.807, 2.05) is 0 Å². The lowest BCUT2D eigenvalue weighted by Gasteiger charge is -2.10. The van der Waals surface area contributed by atoms with Crippen LogP contribution in [0.2, 0.25) is 0 Å². The maximum Gasteiger partial charge on any atom is -0.0235 e. The minimum absolute atomic E-state index is 0.798. The number of unbranched alkanes of at least 4 members (excludes halogenated alkanes) is 7. The number of allylic oxidation sites excluding steroid dienone is 4. The Bertz CT molecular complexity index is 315. The molecule has 0 amide bonds. The first-order chi connectivity index (χ1) is 11.4. The summed E-state index contributed by atoms with van der Waals surface area (Å²) in [6, 6.07) is 0. The van der Waals surface area contributed by atoms with Gasteiger partial charge in [-0.2, -0.15) is 0 Å². The molecule has 0 aromatic heterocycles. The normalized spacial score (nSPS) is 12.4. The van der Waals surface area contributed by atoms with Crippen LogP contribution in [0.25, 0.3) is 0 Å². The van der Waals surface area contributed by atoms with E-state index in [0.717, 1.165) is 5.92 Å². The van der Waals surface area contributed by atoms with Gasteiger partial charge >= 0.3 is 0 Å². The van der Waals surface area contributed by atoms with Crippen molar-refractivity contribution in [3.63, 3.8) is 0 Å². The quantitative estimate of drug-likeness (QED) is 0.246. The van der Waals surface area contributed by atoms with Gasteiger partial charge in [-0.05, 0) is 59.8 Å². The second-order valence-corrected chi connectivity index (χ2v) is 7.73. The van der Waals surface area contributed by atoms with Gasteiger partial charge in [0.2, 0.25) is 0 Å². The summed E-state index contributed by atoms with van der Waals surface area (Å²) in [5.41, 5.74) is 4.64. The topological polar surface area (TPSA) is 0 Å². The Morgan fingerprint density at radius 3 is 1.71 bits per heavy atom. The van der Waals surface area contributed by atoms with Gasteiger partial charge in [-0.25, -0.2) is 0 Å². The molecule has 144 valence electrons. The van der Waals surface area contributed by atoms with E-state index < -0.39 is 0 Å². The SMILES string of the molecule is CC=C(C)C(C)CCCCCC.CCCCCCCC(C)=C(C)C. The summed E-state index contributed by atoms with van der Waals surface area (Å²) in [6.45, 7) is 17.9. The number of rotatable bonds is 12. The fourth-order valence-electron chi connectivity index (χ4n) is 2.63. The van der Waals surface area contributed by atoms with Crippen LogP contribution in [0.5, 0.6) is 0 Å². The maximum atomic E-state index is 2.33. The van der Waals surface area contributed by atoms with E-state index in [0.29, 0.717) is 0 Å². The van der Waals surface area contributed by atoms with E-state index in [4.69, 9.17) is 0 Å². The van der Waals surface area contributed by atoms with E-state index in [-0.39, 0.29) is 0 Å². The van der Waals surface area contributed by atoms with Gasteiger partial charge in [0.15, 0.2) is 0 Å². The van der Waals surface area contributed by atoms with Gasteiger partial charge in [-0.15, -0.1) is 0 Å². The van der Waals surface area contributed by atoms with Crippen molar-refractivity contribution in [2.45, 2.75) is 126 Å². The Morgan fingerprint density at radius 1 is 0.750 bits per heavy atom. The smallest absolute Gasteiger partial charge is 0.0235 e. The first kappa shape index (κ1) is 25.7. The standard InChI is InChI=1S/2C12H24/c1-5-6-7-8-9-10-12(4)11(2)3;1-5-7-8-9-10-12(4)11(3)6-2/h5-10H2,1-4H3;6,12H,5,7-10H2,1-4H3. The highest BCUT2D eigenvalue weighted by Gasteiger charge is 2.01. The molecule has 0 aliphatic carbocycles. The first-order valence-corrected chi connectivity index (χ1v) is 10.7. The van der Waals surface area contributed by atoms with Crippen molar-refractivity contribution in [2.75, 3.05) is 0 Å². The predicted octanol–water partition coefficient (Wildman–Crippen LogP) is 9.26. The van der Waals surface area contributed by atoms with Crippen LogP contribution in [0.3, 0.4) is 0 Å². The molecule has 0 nitrogen and oxygen atoms in total. The van der Waals surface area contributed by atoms with Crippen LogP contribution >= 0.6 is 0 Å². The third kappa shape index (κ3) is 17.8. The van der Waals surface area contributed by atoms with Crippen LogP contribution in [-0.2, 0) is 0 Å². The van der Waals surface area contributed by atoms with Crippen LogP contribution in [-0.4, -0.2) is 0 Å². The Hall–Kier alpha value is -0.520. The Balaban J connectivity index is 0. The summed E-state index contributed by atoms with van der Waals surface area (Å²) in [5, 5.41) is 0. The van der Waals surface area contributed by atoms with Crippen molar-refractivity contribution >= 4 is 0 Å². The van der Waals surface area contributed by atoms with Gasteiger partial charge in [-0.1, -0.05) is 94.9 Å². The zero-order chi connectivity index (χ0) is 18.8. The largest absolute Gasteiger partial charge is 0.0885 e. The number of hydrogen-bond donors (Lipinski definition) is 0. The van der Waals surface area contributed by atoms with Gasteiger partial charge in [-0.3, -0.25) is 0 Å². The summed E-state index contributed by atoms with van der Waals surface area (Å²) < 4.78 is 0. The first-order valence-electron chi connectivity index (χ1n) is 10.7. The molecule has 0 bridgehead atoms. The van der Waals surface area contributed by atoms with Crippen LogP contribution in [0.1, 0.15) is 126 Å². The molecule has 0 fully saturated rings. The lowest BCUT2D eigenvalue weighted by molar-refractivity contribution is 0.542. The summed E-state index contributed by atoms with van der Waals surface area (Å²) in [6.07, 6.45) is 17.5. The van der Waals surface area contributed by atoms with E-state index in [1.54, 1.807) is 11.1 Å². The zero-order valence-corrected chi connectivity index (χ0v) is 18.4. The van der Waals surface area contributed by atoms with Gasteiger partial charge in [0.05, 0.1) is 0 Å². The third-order valence-electron chi connectivity index (χ3n) is 5.23. The monoisotopic (exact) mass is 336 g/mol. The molecule has 1 unspecified atom stereocenters. The van der Waals surface area contributed by atoms with Gasteiger partial charge in [0.1, 0.15) is 0 Å². The van der Waals surface area contributed by atoms with Crippen molar-refractivity contribution in [1.29, 1.82) is 0 Å². The second kappa shape index (κ2) is 18.8. The highest BCUT2D eigenvalue weighted by Crippen LogP contribution is 2.17. The Labute approximate surface area is 155 Å². The molecular weight excluding hydrogens is 288 g/mol. The summed E-state index contributed by atoms with van der Waals surface area (Å²) in [7, 11) is 0. The van der Waals surface area contributed by atoms with Gasteiger partial charge in [0.25, 0.3) is 0 Å². The predicted molar refractivity (Wildman–Crippen MR) is 115 cm³/mol. The molecular formula is C24H48. The summed E-state index contributed by atoms with van der Waals surface area (Å²) in [4.78, 5) is 0. The lowest BCUT2D eigenvalue weighted by Crippen LogP contribution is -1.95. The average Bonchev–Trinajstić information content (AvgIpc) is 2.57. The molecule has 0 aromatic rings. The van der Waals surface area contributed by atoms with Crippen molar-refractivity contribution < 1.29 is 0 Å². The third-order valence-corrected chi connectivity index (χ3v) is 5.23. The Morgan fingerprint density at radius 2 is 1.25 bits per heavy atom. The van der Waals surface area contributed by atoms with E-state index in [9.17, 15) is 0 Å². The minimum atomic E-state index is 0.798. The molecule has 0 saturated carbocycles. The molecule has 0 saturated heterocycles. The number of hydrogen-bond acceptors (Lipinski definition) is 0. The molecule has 0 aliphatic rings. The molecule has 0 heterocycles. The molecule has 0 aliphatic heterocycles. The van der Waals surface area contributed by atoms with Crippen molar-refractivity contribution in [3.05, 3.63) is 22.8 Å². The fourth-order valence-corrected chi connectivity index (χ4v) is 2.63. The highest BCUT2D eigenvalue weighted by atomic mass is 14.1. The molecule has 0 rings (SSSR count). The van der Waals surface area contributed by atoms with E-state index in [2.05, 4.69) is 61.5 Å². The summed E-state index contributed by atoms with van der Waals surface area (Å²) >= 11 is 0. The van der Waals surface area contributed by atoms with Crippen molar-refractivity contribution in [1.82, 2.24) is 0 Å². The molecule has 24 heavy (non-hydrogen) atoms. The fraction of sp³-hybridized carbons (Fsp3) is 0.833. The molecule has 0 N–H and O–H groups in total.